The molecule has 0 fully saturated rings. The maximum atomic E-state index is 11.9. The van der Waals surface area contributed by atoms with Crippen molar-refractivity contribution in [2.75, 3.05) is 5.32 Å². The van der Waals surface area contributed by atoms with Gasteiger partial charge in [-0.2, -0.15) is 0 Å². The second-order valence-corrected chi connectivity index (χ2v) is 4.46. The molecule has 0 unspecified atom stereocenters. The molecule has 1 aromatic heterocycles. The molecule has 18 heavy (non-hydrogen) atoms. The van der Waals surface area contributed by atoms with Crippen LogP contribution in [0.4, 0.5) is 5.69 Å². The number of hydrogen-bond donors (Lipinski definition) is 1. The number of hydrogen-bond acceptors (Lipinski definition) is 2. The van der Waals surface area contributed by atoms with Gasteiger partial charge in [-0.25, -0.2) is 4.98 Å². The van der Waals surface area contributed by atoms with Crippen LogP contribution in [0, 0.1) is 20.8 Å². The summed E-state index contributed by atoms with van der Waals surface area (Å²) >= 11 is 0. The van der Waals surface area contributed by atoms with E-state index in [9.17, 15) is 4.79 Å². The molecule has 4 heteroatoms. The van der Waals surface area contributed by atoms with E-state index in [0.717, 1.165) is 22.6 Å². The highest BCUT2D eigenvalue weighted by molar-refractivity contribution is 5.90. The normalized spacial score (nSPS) is 10.4. The standard InChI is InChI=1S/C14H17N3O/c1-10-5-4-6-13(7-10)16-14(18)8-17-9-15-11(2)12(17)3/h4-7,9H,8H2,1-3H3,(H,16,18). The van der Waals surface area contributed by atoms with Crippen molar-refractivity contribution in [3.63, 3.8) is 0 Å². The van der Waals surface area contributed by atoms with E-state index in [1.54, 1.807) is 6.33 Å². The molecule has 2 rings (SSSR count). The van der Waals surface area contributed by atoms with E-state index in [4.69, 9.17) is 0 Å². The molecule has 1 heterocycles. The Morgan fingerprint density at radius 2 is 2.11 bits per heavy atom. The van der Waals surface area contributed by atoms with Crippen LogP contribution in [0.5, 0.6) is 0 Å². The van der Waals surface area contributed by atoms with E-state index >= 15 is 0 Å². The molecule has 2 aromatic rings. The lowest BCUT2D eigenvalue weighted by atomic mass is 10.2. The van der Waals surface area contributed by atoms with Crippen LogP contribution in [0.25, 0.3) is 0 Å². The Hall–Kier alpha value is -2.10. The van der Waals surface area contributed by atoms with Gasteiger partial charge < -0.3 is 9.88 Å². The molecule has 94 valence electrons. The predicted molar refractivity (Wildman–Crippen MR) is 71.5 cm³/mol. The van der Waals surface area contributed by atoms with Crippen LogP contribution in [0.15, 0.2) is 30.6 Å². The highest BCUT2D eigenvalue weighted by Gasteiger charge is 2.07. The fourth-order valence-electron chi connectivity index (χ4n) is 1.78. The third-order valence-corrected chi connectivity index (χ3v) is 2.96. The van der Waals surface area contributed by atoms with E-state index in [1.807, 2.05) is 49.6 Å². The Morgan fingerprint density at radius 1 is 1.33 bits per heavy atom. The van der Waals surface area contributed by atoms with Gasteiger partial charge in [0.1, 0.15) is 6.54 Å². The van der Waals surface area contributed by atoms with Gasteiger partial charge in [-0.15, -0.1) is 0 Å². The number of imidazole rings is 1. The maximum absolute atomic E-state index is 11.9. The Kier molecular flexibility index (Phi) is 3.46. The summed E-state index contributed by atoms with van der Waals surface area (Å²) in [6.45, 7) is 6.19. The van der Waals surface area contributed by atoms with Crippen molar-refractivity contribution >= 4 is 11.6 Å². The van der Waals surface area contributed by atoms with Crippen molar-refractivity contribution < 1.29 is 4.79 Å². The quantitative estimate of drug-likeness (QED) is 0.900. The number of amides is 1. The molecule has 0 aliphatic carbocycles. The number of aryl methyl sites for hydroxylation is 2. The number of carbonyl (C=O) groups is 1. The van der Waals surface area contributed by atoms with E-state index in [2.05, 4.69) is 10.3 Å². The van der Waals surface area contributed by atoms with Crippen LogP contribution in [0.3, 0.4) is 0 Å². The molecule has 0 spiro atoms. The number of aromatic nitrogens is 2. The maximum Gasteiger partial charge on any atom is 0.244 e. The first-order chi connectivity index (χ1) is 8.56. The molecule has 0 aliphatic rings. The van der Waals surface area contributed by atoms with Crippen molar-refractivity contribution in [2.45, 2.75) is 27.3 Å². The van der Waals surface area contributed by atoms with Gasteiger partial charge in [0.2, 0.25) is 5.91 Å². The Bertz CT molecular complexity index is 572. The molecule has 1 aromatic carbocycles. The zero-order valence-electron chi connectivity index (χ0n) is 10.9. The minimum absolute atomic E-state index is 0.0406. The molecular weight excluding hydrogens is 226 g/mol. The van der Waals surface area contributed by atoms with Gasteiger partial charge in [0.25, 0.3) is 0 Å². The molecule has 1 N–H and O–H groups in total. The van der Waals surface area contributed by atoms with E-state index in [0.29, 0.717) is 6.54 Å². The Labute approximate surface area is 107 Å². The van der Waals surface area contributed by atoms with Crippen molar-refractivity contribution in [2.24, 2.45) is 0 Å². The van der Waals surface area contributed by atoms with Gasteiger partial charge in [-0.1, -0.05) is 12.1 Å². The molecular formula is C14H17N3O. The first kappa shape index (κ1) is 12.4. The summed E-state index contributed by atoms with van der Waals surface area (Å²) in [6, 6.07) is 7.76. The summed E-state index contributed by atoms with van der Waals surface area (Å²) in [5, 5.41) is 2.88. The lowest BCUT2D eigenvalue weighted by Gasteiger charge is -2.08. The molecule has 0 aliphatic heterocycles. The molecule has 0 saturated carbocycles. The lowest BCUT2D eigenvalue weighted by Crippen LogP contribution is -2.19. The number of rotatable bonds is 3. The van der Waals surface area contributed by atoms with Crippen molar-refractivity contribution in [1.29, 1.82) is 0 Å². The van der Waals surface area contributed by atoms with Gasteiger partial charge >= 0.3 is 0 Å². The van der Waals surface area contributed by atoms with Crippen LogP contribution < -0.4 is 5.32 Å². The van der Waals surface area contributed by atoms with E-state index in [1.165, 1.54) is 0 Å². The third-order valence-electron chi connectivity index (χ3n) is 2.96. The van der Waals surface area contributed by atoms with Crippen molar-refractivity contribution in [3.05, 3.63) is 47.5 Å². The molecule has 0 saturated heterocycles. The average molecular weight is 243 g/mol. The third kappa shape index (κ3) is 2.77. The number of benzene rings is 1. The average Bonchev–Trinajstić information content (AvgIpc) is 2.61. The van der Waals surface area contributed by atoms with Crippen molar-refractivity contribution in [1.82, 2.24) is 9.55 Å². The summed E-state index contributed by atoms with van der Waals surface area (Å²) in [6.07, 6.45) is 1.69. The first-order valence-electron chi connectivity index (χ1n) is 5.91. The number of nitrogens with zero attached hydrogens (tertiary/aromatic N) is 2. The number of anilines is 1. The molecule has 1 amide bonds. The summed E-state index contributed by atoms with van der Waals surface area (Å²) in [7, 11) is 0. The molecule has 4 nitrogen and oxygen atoms in total. The molecule has 0 radical (unpaired) electrons. The second-order valence-electron chi connectivity index (χ2n) is 4.46. The monoisotopic (exact) mass is 243 g/mol. The van der Waals surface area contributed by atoms with Gasteiger partial charge in [-0.3, -0.25) is 4.79 Å². The van der Waals surface area contributed by atoms with Crippen LogP contribution in [0.1, 0.15) is 17.0 Å². The lowest BCUT2D eigenvalue weighted by molar-refractivity contribution is -0.116. The fourth-order valence-corrected chi connectivity index (χ4v) is 1.78. The van der Waals surface area contributed by atoms with Crippen LogP contribution in [-0.2, 0) is 11.3 Å². The van der Waals surface area contributed by atoms with E-state index in [-0.39, 0.29) is 5.91 Å². The topological polar surface area (TPSA) is 46.9 Å². The SMILES string of the molecule is Cc1cccc(NC(=O)Cn2cnc(C)c2C)c1. The highest BCUT2D eigenvalue weighted by Crippen LogP contribution is 2.10. The second kappa shape index (κ2) is 5.04. The van der Waals surface area contributed by atoms with Crippen LogP contribution >= 0.6 is 0 Å². The highest BCUT2D eigenvalue weighted by atomic mass is 16.1. The summed E-state index contributed by atoms with van der Waals surface area (Å²) < 4.78 is 1.85. The van der Waals surface area contributed by atoms with Gasteiger partial charge in [0.05, 0.1) is 12.0 Å². The molecule has 0 atom stereocenters. The minimum atomic E-state index is -0.0406. The largest absolute Gasteiger partial charge is 0.325 e. The van der Waals surface area contributed by atoms with Gasteiger partial charge in [0.15, 0.2) is 0 Å². The van der Waals surface area contributed by atoms with Gasteiger partial charge in [0, 0.05) is 11.4 Å². The Balaban J connectivity index is 2.03. The first-order valence-corrected chi connectivity index (χ1v) is 5.91. The fraction of sp³-hybridized carbons (Fsp3) is 0.286. The van der Waals surface area contributed by atoms with E-state index < -0.39 is 0 Å². The number of nitrogens with one attached hydrogen (secondary N) is 1. The number of carbonyl (C=O) groups excluding carboxylic acids is 1. The summed E-state index contributed by atoms with van der Waals surface area (Å²) in [4.78, 5) is 16.1. The predicted octanol–water partition coefficient (Wildman–Crippen LogP) is 2.45. The van der Waals surface area contributed by atoms with Gasteiger partial charge in [-0.05, 0) is 38.5 Å². The zero-order valence-corrected chi connectivity index (χ0v) is 10.9. The molecule has 0 bridgehead atoms. The smallest absolute Gasteiger partial charge is 0.244 e. The van der Waals surface area contributed by atoms with Crippen LogP contribution in [0.2, 0.25) is 0 Å². The summed E-state index contributed by atoms with van der Waals surface area (Å²) in [5.74, 6) is -0.0406. The summed E-state index contributed by atoms with van der Waals surface area (Å²) in [5.41, 5.74) is 3.93. The zero-order chi connectivity index (χ0) is 13.1. The minimum Gasteiger partial charge on any atom is -0.325 e. The van der Waals surface area contributed by atoms with Crippen molar-refractivity contribution in [3.8, 4) is 0 Å². The van der Waals surface area contributed by atoms with Crippen LogP contribution in [-0.4, -0.2) is 15.5 Å². The Morgan fingerprint density at radius 3 is 2.72 bits per heavy atom.